The predicted molar refractivity (Wildman–Crippen MR) is 106 cm³/mol. The lowest BCUT2D eigenvalue weighted by atomic mass is 10.1. The fraction of sp³-hybridized carbons (Fsp3) is 0.300. The summed E-state index contributed by atoms with van der Waals surface area (Å²) < 4.78 is 32.7. The van der Waals surface area contributed by atoms with E-state index in [9.17, 15) is 18.0 Å². The molecule has 2 aromatic carbocycles. The molecule has 1 aliphatic heterocycles. The number of nitrogens with two attached hydrogens (primary N) is 1. The minimum Gasteiger partial charge on any atom is -0.377 e. The maximum Gasteiger partial charge on any atom is 0.252 e. The Bertz CT molecular complexity index is 955. The number of hydrogen-bond acceptors (Lipinski definition) is 5. The first-order valence-corrected chi connectivity index (χ1v) is 10.7. The smallest absolute Gasteiger partial charge is 0.252 e. The lowest BCUT2D eigenvalue weighted by molar-refractivity contribution is -0.120. The van der Waals surface area contributed by atoms with Gasteiger partial charge in [-0.1, -0.05) is 30.3 Å². The third-order valence-corrected chi connectivity index (χ3v) is 6.08. The number of carbonyl (C=O) groups is 2. The molecule has 0 aromatic heterocycles. The van der Waals surface area contributed by atoms with Crippen LogP contribution in [0.2, 0.25) is 0 Å². The van der Waals surface area contributed by atoms with Crippen molar-refractivity contribution in [1.82, 2.24) is 10.0 Å². The van der Waals surface area contributed by atoms with E-state index in [4.69, 9.17) is 10.5 Å². The van der Waals surface area contributed by atoms with Crippen LogP contribution >= 0.6 is 0 Å². The Hall–Kier alpha value is -2.75. The van der Waals surface area contributed by atoms with Crippen molar-refractivity contribution in [2.75, 3.05) is 13.2 Å². The predicted octanol–water partition coefficient (Wildman–Crippen LogP) is 1.10. The van der Waals surface area contributed by atoms with Crippen LogP contribution in [0.1, 0.15) is 34.8 Å². The number of sulfonamides is 1. The van der Waals surface area contributed by atoms with Crippen molar-refractivity contribution in [2.45, 2.75) is 29.9 Å². The van der Waals surface area contributed by atoms with Gasteiger partial charge in [0.1, 0.15) is 6.04 Å². The molecule has 0 spiro atoms. The highest BCUT2D eigenvalue weighted by atomic mass is 32.2. The summed E-state index contributed by atoms with van der Waals surface area (Å²) in [6.45, 7) is 0.855. The zero-order valence-corrected chi connectivity index (χ0v) is 16.5. The van der Waals surface area contributed by atoms with Crippen LogP contribution in [0.3, 0.4) is 0 Å². The van der Waals surface area contributed by atoms with Crippen molar-refractivity contribution >= 4 is 21.8 Å². The molecular formula is C20H23N3O5S. The second kappa shape index (κ2) is 9.17. The zero-order chi connectivity index (χ0) is 20.9. The van der Waals surface area contributed by atoms with Crippen LogP contribution in [0.15, 0.2) is 59.5 Å². The molecule has 3 rings (SSSR count). The molecule has 1 saturated heterocycles. The second-order valence-corrected chi connectivity index (χ2v) is 8.50. The molecule has 2 atom stereocenters. The second-order valence-electron chi connectivity index (χ2n) is 6.73. The van der Waals surface area contributed by atoms with E-state index < -0.39 is 27.9 Å². The maximum absolute atomic E-state index is 12.5. The van der Waals surface area contributed by atoms with E-state index in [1.165, 1.54) is 24.3 Å². The first-order valence-electron chi connectivity index (χ1n) is 9.23. The fourth-order valence-electron chi connectivity index (χ4n) is 3.06. The third kappa shape index (κ3) is 5.41. The van der Waals surface area contributed by atoms with E-state index in [1.54, 1.807) is 30.3 Å². The van der Waals surface area contributed by atoms with Gasteiger partial charge in [0, 0.05) is 18.7 Å². The first-order chi connectivity index (χ1) is 13.9. The van der Waals surface area contributed by atoms with E-state index in [0.29, 0.717) is 12.2 Å². The summed E-state index contributed by atoms with van der Waals surface area (Å²) >= 11 is 0. The molecule has 2 aromatic rings. The van der Waals surface area contributed by atoms with Crippen molar-refractivity contribution in [3.05, 3.63) is 65.7 Å². The Morgan fingerprint density at radius 2 is 1.79 bits per heavy atom. The molecule has 29 heavy (non-hydrogen) atoms. The van der Waals surface area contributed by atoms with E-state index >= 15 is 0 Å². The Morgan fingerprint density at radius 3 is 2.38 bits per heavy atom. The highest BCUT2D eigenvalue weighted by Crippen LogP contribution is 2.16. The normalized spacial score (nSPS) is 17.6. The minimum atomic E-state index is -3.71. The van der Waals surface area contributed by atoms with Crippen molar-refractivity contribution in [1.29, 1.82) is 0 Å². The summed E-state index contributed by atoms with van der Waals surface area (Å²) in [6.07, 6.45) is 1.63. The molecule has 2 amide bonds. The fourth-order valence-corrected chi connectivity index (χ4v) is 4.12. The molecule has 4 N–H and O–H groups in total. The van der Waals surface area contributed by atoms with Crippen molar-refractivity contribution in [2.24, 2.45) is 5.73 Å². The van der Waals surface area contributed by atoms with Gasteiger partial charge < -0.3 is 15.8 Å². The summed E-state index contributed by atoms with van der Waals surface area (Å²) in [5.41, 5.74) is 6.18. The number of carbonyl (C=O) groups excluding carboxylic acids is 2. The van der Waals surface area contributed by atoms with E-state index in [-0.39, 0.29) is 23.1 Å². The summed E-state index contributed by atoms with van der Waals surface area (Å²) in [5.74, 6) is -1.23. The highest BCUT2D eigenvalue weighted by Gasteiger charge is 2.22. The SMILES string of the molecule is NC(=O)C(NC(=O)c1ccc(S(=O)(=O)NCC2CCCO2)cc1)c1ccccc1. The molecule has 0 aliphatic carbocycles. The minimum absolute atomic E-state index is 0.0431. The van der Waals surface area contributed by atoms with E-state index in [2.05, 4.69) is 10.0 Å². The van der Waals surface area contributed by atoms with Crippen LogP contribution in [0.4, 0.5) is 0 Å². The van der Waals surface area contributed by atoms with E-state index in [0.717, 1.165) is 12.8 Å². The average molecular weight is 417 g/mol. The Balaban J connectivity index is 1.67. The van der Waals surface area contributed by atoms with Crippen LogP contribution in [-0.2, 0) is 19.6 Å². The molecule has 0 bridgehead atoms. The van der Waals surface area contributed by atoms with Gasteiger partial charge in [0.15, 0.2) is 0 Å². The highest BCUT2D eigenvalue weighted by molar-refractivity contribution is 7.89. The molecule has 0 radical (unpaired) electrons. The van der Waals surface area contributed by atoms with Gasteiger partial charge in [0.25, 0.3) is 5.91 Å². The largest absolute Gasteiger partial charge is 0.377 e. The molecule has 1 heterocycles. The summed E-state index contributed by atoms with van der Waals surface area (Å²) in [5, 5.41) is 2.57. The zero-order valence-electron chi connectivity index (χ0n) is 15.7. The van der Waals surface area contributed by atoms with Crippen molar-refractivity contribution in [3.8, 4) is 0 Å². The van der Waals surface area contributed by atoms with Gasteiger partial charge in [0.2, 0.25) is 15.9 Å². The van der Waals surface area contributed by atoms with E-state index in [1.807, 2.05) is 0 Å². The summed E-state index contributed by atoms with van der Waals surface area (Å²) in [6, 6.07) is 13.1. The Morgan fingerprint density at radius 1 is 1.10 bits per heavy atom. The molecule has 2 unspecified atom stereocenters. The third-order valence-electron chi connectivity index (χ3n) is 4.64. The molecule has 9 heteroatoms. The lowest BCUT2D eigenvalue weighted by Crippen LogP contribution is -2.37. The van der Waals surface area contributed by atoms with Crippen molar-refractivity contribution < 1.29 is 22.7 Å². The lowest BCUT2D eigenvalue weighted by Gasteiger charge is -2.16. The molecule has 8 nitrogen and oxygen atoms in total. The Kier molecular flexibility index (Phi) is 6.63. The van der Waals surface area contributed by atoms with Crippen LogP contribution in [0, 0.1) is 0 Å². The number of benzene rings is 2. The van der Waals surface area contributed by atoms with Gasteiger partial charge in [-0.2, -0.15) is 0 Å². The monoisotopic (exact) mass is 417 g/mol. The van der Waals surface area contributed by atoms with Crippen LogP contribution in [0.5, 0.6) is 0 Å². The van der Waals surface area contributed by atoms with Crippen molar-refractivity contribution in [3.63, 3.8) is 0 Å². The number of nitrogens with one attached hydrogen (secondary N) is 2. The quantitative estimate of drug-likeness (QED) is 0.593. The van der Waals surface area contributed by atoms with Gasteiger partial charge in [-0.15, -0.1) is 0 Å². The number of primary amides is 1. The van der Waals surface area contributed by atoms with Crippen LogP contribution in [0.25, 0.3) is 0 Å². The molecule has 1 aliphatic rings. The molecular weight excluding hydrogens is 394 g/mol. The summed E-state index contributed by atoms with van der Waals surface area (Å²) in [7, 11) is -3.71. The van der Waals surface area contributed by atoms with Crippen LogP contribution < -0.4 is 15.8 Å². The van der Waals surface area contributed by atoms with Gasteiger partial charge in [-0.25, -0.2) is 13.1 Å². The topological polar surface area (TPSA) is 128 Å². The maximum atomic E-state index is 12.5. The number of rotatable bonds is 8. The number of hydrogen-bond donors (Lipinski definition) is 3. The van der Waals surface area contributed by atoms with Gasteiger partial charge in [-0.3, -0.25) is 9.59 Å². The van der Waals surface area contributed by atoms with Gasteiger partial charge in [0.05, 0.1) is 11.0 Å². The van der Waals surface area contributed by atoms with Crippen LogP contribution in [-0.4, -0.2) is 39.5 Å². The first kappa shape index (κ1) is 21.0. The average Bonchev–Trinajstić information content (AvgIpc) is 3.25. The summed E-state index contributed by atoms with van der Waals surface area (Å²) in [4.78, 5) is 24.3. The van der Waals surface area contributed by atoms with Gasteiger partial charge >= 0.3 is 0 Å². The Labute approximate surface area is 169 Å². The number of amides is 2. The standard InChI is InChI=1S/C20H23N3O5S/c21-19(24)18(14-5-2-1-3-6-14)23-20(25)15-8-10-17(11-9-15)29(26,27)22-13-16-7-4-12-28-16/h1-3,5-6,8-11,16,18,22H,4,7,12-13H2,(H2,21,24)(H,23,25). The van der Waals surface area contributed by atoms with Gasteiger partial charge in [-0.05, 0) is 42.7 Å². The molecule has 0 saturated carbocycles. The molecule has 1 fully saturated rings. The molecule has 154 valence electrons. The number of ether oxygens (including phenoxy) is 1.